The van der Waals surface area contributed by atoms with Gasteiger partial charge in [0, 0.05) is 22.9 Å². The summed E-state index contributed by atoms with van der Waals surface area (Å²) in [5.41, 5.74) is 2.23. The molecule has 1 saturated heterocycles. The van der Waals surface area contributed by atoms with Crippen molar-refractivity contribution in [3.05, 3.63) is 89.0 Å². The number of hydrogen-bond acceptors (Lipinski definition) is 6. The van der Waals surface area contributed by atoms with E-state index >= 15 is 0 Å². The van der Waals surface area contributed by atoms with E-state index in [4.69, 9.17) is 14.2 Å². The van der Waals surface area contributed by atoms with Crippen LogP contribution >= 0.6 is 0 Å². The number of para-hydroxylation sites is 1. The van der Waals surface area contributed by atoms with Gasteiger partial charge in [0.05, 0.1) is 32.4 Å². The van der Waals surface area contributed by atoms with Crippen LogP contribution in [0.2, 0.25) is 0 Å². The Labute approximate surface area is 210 Å². The van der Waals surface area contributed by atoms with Gasteiger partial charge in [-0.25, -0.2) is 0 Å². The normalized spacial score (nSPS) is 16.8. The highest BCUT2D eigenvalue weighted by molar-refractivity contribution is 6.51. The van der Waals surface area contributed by atoms with E-state index in [1.807, 2.05) is 13.8 Å². The topological polar surface area (TPSA) is 85.3 Å². The Morgan fingerprint density at radius 2 is 1.69 bits per heavy atom. The highest BCUT2D eigenvalue weighted by atomic mass is 16.5. The van der Waals surface area contributed by atoms with Crippen LogP contribution in [0.5, 0.6) is 17.2 Å². The van der Waals surface area contributed by atoms with Crippen LogP contribution in [0.3, 0.4) is 0 Å². The van der Waals surface area contributed by atoms with E-state index in [0.29, 0.717) is 40.7 Å². The largest absolute Gasteiger partial charge is 0.507 e. The standard InChI is InChI=1S/C29H29NO6/c1-5-15-36-21-10-8-9-20(17-21)30-26(22-11-6-7-12-24(22)35-4)25(28(32)29(30)33)27(31)19-13-14-23(34-3)18(2)16-19/h6-14,16-17,26,31H,5,15H2,1-4H3/b27-25+. The molecule has 0 aliphatic carbocycles. The number of hydrogen-bond donors (Lipinski definition) is 1. The maximum absolute atomic E-state index is 13.5. The van der Waals surface area contributed by atoms with Crippen LogP contribution < -0.4 is 19.1 Å². The number of aryl methyl sites for hydroxylation is 1. The van der Waals surface area contributed by atoms with Crippen molar-refractivity contribution in [2.45, 2.75) is 26.3 Å². The molecule has 0 spiro atoms. The molecule has 7 nitrogen and oxygen atoms in total. The van der Waals surface area contributed by atoms with Crippen LogP contribution in [0.25, 0.3) is 5.76 Å². The number of aliphatic hydroxyl groups is 1. The number of aliphatic hydroxyl groups excluding tert-OH is 1. The molecule has 1 atom stereocenters. The number of carbonyl (C=O) groups excluding carboxylic acids is 2. The van der Waals surface area contributed by atoms with Gasteiger partial charge >= 0.3 is 0 Å². The maximum atomic E-state index is 13.5. The van der Waals surface area contributed by atoms with Gasteiger partial charge in [0.2, 0.25) is 0 Å². The number of nitrogens with zero attached hydrogens (tertiary/aromatic N) is 1. The lowest BCUT2D eigenvalue weighted by Gasteiger charge is -2.27. The van der Waals surface area contributed by atoms with E-state index < -0.39 is 17.7 Å². The second-order valence-electron chi connectivity index (χ2n) is 8.44. The summed E-state index contributed by atoms with van der Waals surface area (Å²) in [5.74, 6) is -0.0689. The molecule has 4 rings (SSSR count). The predicted octanol–water partition coefficient (Wildman–Crippen LogP) is 5.43. The lowest BCUT2D eigenvalue weighted by Crippen LogP contribution is -2.29. The van der Waals surface area contributed by atoms with E-state index in [1.54, 1.807) is 73.8 Å². The Kier molecular flexibility index (Phi) is 7.29. The fourth-order valence-corrected chi connectivity index (χ4v) is 4.41. The number of amides is 1. The fraction of sp³-hybridized carbons (Fsp3) is 0.241. The number of anilines is 1. The summed E-state index contributed by atoms with van der Waals surface area (Å²) in [5, 5.41) is 11.4. The van der Waals surface area contributed by atoms with Crippen molar-refractivity contribution in [1.82, 2.24) is 0 Å². The van der Waals surface area contributed by atoms with Crippen LogP contribution in [0.4, 0.5) is 5.69 Å². The van der Waals surface area contributed by atoms with E-state index in [9.17, 15) is 14.7 Å². The molecule has 0 aromatic heterocycles. The van der Waals surface area contributed by atoms with Crippen molar-refractivity contribution in [3.63, 3.8) is 0 Å². The minimum Gasteiger partial charge on any atom is -0.507 e. The Balaban J connectivity index is 1.93. The average Bonchev–Trinajstić information content (AvgIpc) is 3.17. The summed E-state index contributed by atoms with van der Waals surface area (Å²) in [6, 6.07) is 18.4. The van der Waals surface area contributed by atoms with Gasteiger partial charge in [0.25, 0.3) is 11.7 Å². The van der Waals surface area contributed by atoms with Gasteiger partial charge in [-0.15, -0.1) is 0 Å². The third kappa shape index (κ3) is 4.52. The highest BCUT2D eigenvalue weighted by Gasteiger charge is 2.48. The van der Waals surface area contributed by atoms with Crippen molar-refractivity contribution in [1.29, 1.82) is 0 Å². The molecular formula is C29H29NO6. The van der Waals surface area contributed by atoms with Crippen molar-refractivity contribution in [2.75, 3.05) is 25.7 Å². The Morgan fingerprint density at radius 1 is 0.944 bits per heavy atom. The first kappa shape index (κ1) is 24.9. The fourth-order valence-electron chi connectivity index (χ4n) is 4.41. The average molecular weight is 488 g/mol. The molecule has 1 aliphatic heterocycles. The molecule has 7 heteroatoms. The molecular weight excluding hydrogens is 458 g/mol. The van der Waals surface area contributed by atoms with E-state index in [2.05, 4.69) is 0 Å². The molecule has 1 N–H and O–H groups in total. The van der Waals surface area contributed by atoms with E-state index in [0.717, 1.165) is 12.0 Å². The van der Waals surface area contributed by atoms with Crippen LogP contribution in [-0.4, -0.2) is 37.6 Å². The number of ketones is 1. The van der Waals surface area contributed by atoms with Crippen LogP contribution in [0, 0.1) is 6.92 Å². The molecule has 1 unspecified atom stereocenters. The SMILES string of the molecule is CCCOc1cccc(N2C(=O)C(=O)/C(=C(/O)c3ccc(OC)c(C)c3)C2c2ccccc2OC)c1. The van der Waals surface area contributed by atoms with Crippen LogP contribution in [0.1, 0.15) is 36.1 Å². The van der Waals surface area contributed by atoms with Crippen LogP contribution in [-0.2, 0) is 9.59 Å². The van der Waals surface area contributed by atoms with Gasteiger partial charge in [0.15, 0.2) is 0 Å². The number of benzene rings is 3. The number of rotatable bonds is 8. The van der Waals surface area contributed by atoms with Gasteiger partial charge < -0.3 is 19.3 Å². The number of Topliss-reactive ketones (excluding diaryl/α,β-unsaturated/α-hetero) is 1. The summed E-state index contributed by atoms with van der Waals surface area (Å²) in [7, 11) is 3.09. The summed E-state index contributed by atoms with van der Waals surface area (Å²) in [6.45, 7) is 4.37. The highest BCUT2D eigenvalue weighted by Crippen LogP contribution is 2.45. The predicted molar refractivity (Wildman–Crippen MR) is 138 cm³/mol. The van der Waals surface area contributed by atoms with Gasteiger partial charge in [-0.1, -0.05) is 31.2 Å². The summed E-state index contributed by atoms with van der Waals surface area (Å²) in [4.78, 5) is 28.3. The Bertz CT molecular complexity index is 1330. The van der Waals surface area contributed by atoms with Crippen molar-refractivity contribution < 1.29 is 28.9 Å². The lowest BCUT2D eigenvalue weighted by atomic mass is 9.94. The van der Waals surface area contributed by atoms with Gasteiger partial charge in [-0.3, -0.25) is 14.5 Å². The van der Waals surface area contributed by atoms with Gasteiger partial charge in [0.1, 0.15) is 23.0 Å². The molecule has 1 aliphatic rings. The Hall–Kier alpha value is -4.26. The maximum Gasteiger partial charge on any atom is 0.300 e. The van der Waals surface area contributed by atoms with Gasteiger partial charge in [-0.2, -0.15) is 0 Å². The first-order valence-corrected chi connectivity index (χ1v) is 11.7. The zero-order valence-electron chi connectivity index (χ0n) is 20.8. The summed E-state index contributed by atoms with van der Waals surface area (Å²) < 4.78 is 16.7. The third-order valence-electron chi connectivity index (χ3n) is 6.11. The second kappa shape index (κ2) is 10.6. The van der Waals surface area contributed by atoms with Crippen molar-refractivity contribution >= 4 is 23.1 Å². The summed E-state index contributed by atoms with van der Waals surface area (Å²) >= 11 is 0. The lowest BCUT2D eigenvalue weighted by molar-refractivity contribution is -0.132. The molecule has 3 aromatic carbocycles. The van der Waals surface area contributed by atoms with Crippen LogP contribution in [0.15, 0.2) is 72.3 Å². The minimum atomic E-state index is -0.912. The number of carbonyl (C=O) groups is 2. The summed E-state index contributed by atoms with van der Waals surface area (Å²) in [6.07, 6.45) is 0.831. The zero-order valence-corrected chi connectivity index (χ0v) is 20.8. The molecule has 1 amide bonds. The quantitative estimate of drug-likeness (QED) is 0.259. The molecule has 0 radical (unpaired) electrons. The second-order valence-corrected chi connectivity index (χ2v) is 8.44. The van der Waals surface area contributed by atoms with Gasteiger partial charge in [-0.05, 0) is 55.3 Å². The molecule has 3 aromatic rings. The molecule has 186 valence electrons. The van der Waals surface area contributed by atoms with Crippen molar-refractivity contribution in [3.8, 4) is 17.2 Å². The molecule has 36 heavy (non-hydrogen) atoms. The first-order chi connectivity index (χ1) is 17.4. The first-order valence-electron chi connectivity index (χ1n) is 11.7. The van der Waals surface area contributed by atoms with Crippen molar-refractivity contribution in [2.24, 2.45) is 0 Å². The molecule has 1 fully saturated rings. The molecule has 0 bridgehead atoms. The molecule has 1 heterocycles. The monoisotopic (exact) mass is 487 g/mol. The van der Waals surface area contributed by atoms with E-state index in [-0.39, 0.29) is 11.3 Å². The zero-order chi connectivity index (χ0) is 25.8. The number of ether oxygens (including phenoxy) is 3. The van der Waals surface area contributed by atoms with E-state index in [1.165, 1.54) is 12.0 Å². The smallest absolute Gasteiger partial charge is 0.300 e. The minimum absolute atomic E-state index is 0.0195. The number of methoxy groups -OCH3 is 2. The molecule has 0 saturated carbocycles. The Morgan fingerprint density at radius 3 is 2.39 bits per heavy atom. The third-order valence-corrected chi connectivity index (χ3v) is 6.11.